The number of nitrogens with two attached hydrogens (primary N) is 1. The first kappa shape index (κ1) is 12.6. The topological polar surface area (TPSA) is 88.1 Å². The first-order valence-electron chi connectivity index (χ1n) is 6.00. The van der Waals surface area contributed by atoms with Crippen molar-refractivity contribution in [2.75, 3.05) is 30.3 Å². The summed E-state index contributed by atoms with van der Waals surface area (Å²) < 4.78 is 5.31. The second-order valence-electron chi connectivity index (χ2n) is 4.60. The number of anilines is 2. The molecule has 96 valence electrons. The van der Waals surface area contributed by atoms with Gasteiger partial charge in [-0.3, -0.25) is 0 Å². The van der Waals surface area contributed by atoms with E-state index >= 15 is 0 Å². The number of hydrogen-bond acceptors (Lipinski definition) is 6. The van der Waals surface area contributed by atoms with E-state index in [0.717, 1.165) is 11.6 Å². The van der Waals surface area contributed by atoms with E-state index in [-0.39, 0.29) is 5.92 Å². The lowest BCUT2D eigenvalue weighted by Crippen LogP contribution is -2.42. The Morgan fingerprint density at radius 1 is 1.56 bits per heavy atom. The number of nitrogens with zero attached hydrogens (tertiary/aromatic N) is 4. The van der Waals surface area contributed by atoms with Gasteiger partial charge < -0.3 is 15.4 Å². The Kier molecular flexibility index (Phi) is 3.63. The van der Waals surface area contributed by atoms with Gasteiger partial charge in [0.2, 0.25) is 0 Å². The number of hydrogen-bond donors (Lipinski definition) is 1. The van der Waals surface area contributed by atoms with E-state index in [1.54, 1.807) is 6.07 Å². The van der Waals surface area contributed by atoms with Gasteiger partial charge in [0.25, 0.3) is 0 Å². The van der Waals surface area contributed by atoms with Crippen LogP contribution in [-0.4, -0.2) is 35.8 Å². The normalized spacial score (nSPS) is 19.9. The van der Waals surface area contributed by atoms with Gasteiger partial charge >= 0.3 is 0 Å². The third kappa shape index (κ3) is 2.68. The zero-order valence-corrected chi connectivity index (χ0v) is 10.6. The minimum Gasteiger partial charge on any atom is -0.384 e. The molecule has 18 heavy (non-hydrogen) atoms. The van der Waals surface area contributed by atoms with Gasteiger partial charge in [-0.15, -0.1) is 0 Å². The molecule has 1 aromatic heterocycles. The van der Waals surface area contributed by atoms with Gasteiger partial charge in [-0.25, -0.2) is 9.97 Å². The fourth-order valence-electron chi connectivity index (χ4n) is 1.83. The Morgan fingerprint density at radius 3 is 3.00 bits per heavy atom. The second-order valence-corrected chi connectivity index (χ2v) is 4.60. The van der Waals surface area contributed by atoms with Crippen molar-refractivity contribution in [1.82, 2.24) is 9.97 Å². The summed E-state index contributed by atoms with van der Waals surface area (Å²) in [6, 6.07) is 3.86. The number of aromatic nitrogens is 2. The maximum absolute atomic E-state index is 8.89. The summed E-state index contributed by atoms with van der Waals surface area (Å²) in [4.78, 5) is 10.7. The average molecular weight is 247 g/mol. The van der Waals surface area contributed by atoms with E-state index in [2.05, 4.69) is 16.0 Å². The third-order valence-corrected chi connectivity index (χ3v) is 2.80. The molecule has 1 saturated heterocycles. The van der Waals surface area contributed by atoms with Crippen LogP contribution in [-0.2, 0) is 4.74 Å². The molecule has 6 heteroatoms. The van der Waals surface area contributed by atoms with Crippen LogP contribution in [0.2, 0.25) is 0 Å². The van der Waals surface area contributed by atoms with Gasteiger partial charge in [0, 0.05) is 18.5 Å². The lowest BCUT2D eigenvalue weighted by molar-refractivity contribution is 0.0761. The van der Waals surface area contributed by atoms with Gasteiger partial charge in [-0.1, -0.05) is 13.8 Å². The SMILES string of the molecule is CC(C)c1nc(N)cc(N2CCOC(C#N)C2)n1. The molecule has 0 bridgehead atoms. The van der Waals surface area contributed by atoms with Crippen molar-refractivity contribution in [1.29, 1.82) is 5.26 Å². The number of nitrogen functional groups attached to an aromatic ring is 1. The molecule has 2 heterocycles. The maximum atomic E-state index is 8.89. The molecule has 1 unspecified atom stereocenters. The van der Waals surface area contributed by atoms with Gasteiger partial charge in [0.15, 0.2) is 6.10 Å². The van der Waals surface area contributed by atoms with Gasteiger partial charge in [-0.2, -0.15) is 5.26 Å². The quantitative estimate of drug-likeness (QED) is 0.835. The highest BCUT2D eigenvalue weighted by Crippen LogP contribution is 2.20. The number of rotatable bonds is 2. The molecule has 6 nitrogen and oxygen atoms in total. The smallest absolute Gasteiger partial charge is 0.161 e. The molecule has 0 aromatic carbocycles. The first-order chi connectivity index (χ1) is 8.60. The van der Waals surface area contributed by atoms with Crippen LogP contribution in [0.1, 0.15) is 25.6 Å². The Hall–Kier alpha value is -1.87. The summed E-state index contributed by atoms with van der Waals surface area (Å²) >= 11 is 0. The summed E-state index contributed by atoms with van der Waals surface area (Å²) in [7, 11) is 0. The molecular formula is C12H17N5O. The summed E-state index contributed by atoms with van der Waals surface area (Å²) in [6.45, 7) is 5.81. The molecule has 0 saturated carbocycles. The van der Waals surface area contributed by atoms with Crippen LogP contribution in [0, 0.1) is 11.3 Å². The van der Waals surface area contributed by atoms with E-state index in [1.165, 1.54) is 0 Å². The molecule has 1 atom stereocenters. The van der Waals surface area contributed by atoms with E-state index in [9.17, 15) is 0 Å². The summed E-state index contributed by atoms with van der Waals surface area (Å²) in [5.74, 6) is 2.18. The van der Waals surface area contributed by atoms with Crippen LogP contribution < -0.4 is 10.6 Å². The standard InChI is InChI=1S/C12H17N5O/c1-8(2)12-15-10(14)5-11(16-12)17-3-4-18-9(6-13)7-17/h5,8-9H,3-4,7H2,1-2H3,(H2,14,15,16). The highest BCUT2D eigenvalue weighted by Gasteiger charge is 2.22. The van der Waals surface area contributed by atoms with Crippen molar-refractivity contribution in [3.05, 3.63) is 11.9 Å². The second kappa shape index (κ2) is 5.19. The van der Waals surface area contributed by atoms with Crippen molar-refractivity contribution in [3.63, 3.8) is 0 Å². The number of morpholine rings is 1. The summed E-state index contributed by atoms with van der Waals surface area (Å²) in [5, 5.41) is 8.89. The van der Waals surface area contributed by atoms with Crippen LogP contribution in [0.3, 0.4) is 0 Å². The van der Waals surface area contributed by atoms with Crippen molar-refractivity contribution >= 4 is 11.6 Å². The average Bonchev–Trinajstić information content (AvgIpc) is 2.38. The molecule has 0 amide bonds. The summed E-state index contributed by atoms with van der Waals surface area (Å²) in [5.41, 5.74) is 5.80. The Balaban J connectivity index is 2.25. The van der Waals surface area contributed by atoms with Gasteiger partial charge in [0.1, 0.15) is 17.5 Å². The molecule has 0 radical (unpaired) electrons. The highest BCUT2D eigenvalue weighted by atomic mass is 16.5. The molecule has 1 aliphatic heterocycles. The van der Waals surface area contributed by atoms with Crippen molar-refractivity contribution < 1.29 is 4.74 Å². The van der Waals surface area contributed by atoms with Crippen molar-refractivity contribution in [2.45, 2.75) is 25.9 Å². The zero-order chi connectivity index (χ0) is 13.1. The Bertz CT molecular complexity index is 468. The minimum absolute atomic E-state index is 0.222. The fraction of sp³-hybridized carbons (Fsp3) is 0.583. The monoisotopic (exact) mass is 247 g/mol. The van der Waals surface area contributed by atoms with Gasteiger partial charge in [0.05, 0.1) is 19.2 Å². The van der Waals surface area contributed by atoms with E-state index in [4.69, 9.17) is 15.7 Å². The van der Waals surface area contributed by atoms with Crippen LogP contribution >= 0.6 is 0 Å². The highest BCUT2D eigenvalue weighted by molar-refractivity contribution is 5.48. The van der Waals surface area contributed by atoms with Crippen molar-refractivity contribution in [3.8, 4) is 6.07 Å². The van der Waals surface area contributed by atoms with Crippen LogP contribution in [0.15, 0.2) is 6.07 Å². The lowest BCUT2D eigenvalue weighted by Gasteiger charge is -2.31. The van der Waals surface area contributed by atoms with Crippen LogP contribution in [0.25, 0.3) is 0 Å². The third-order valence-electron chi connectivity index (χ3n) is 2.80. The molecule has 1 aromatic rings. The molecular weight excluding hydrogens is 230 g/mol. The maximum Gasteiger partial charge on any atom is 0.161 e. The zero-order valence-electron chi connectivity index (χ0n) is 10.6. The van der Waals surface area contributed by atoms with E-state index in [1.807, 2.05) is 18.7 Å². The Morgan fingerprint density at radius 2 is 2.33 bits per heavy atom. The molecule has 1 aliphatic rings. The largest absolute Gasteiger partial charge is 0.384 e. The number of ether oxygens (including phenoxy) is 1. The minimum atomic E-state index is -0.405. The Labute approximate surface area is 106 Å². The first-order valence-corrected chi connectivity index (χ1v) is 6.00. The predicted molar refractivity (Wildman–Crippen MR) is 68.1 cm³/mol. The molecule has 2 rings (SSSR count). The van der Waals surface area contributed by atoms with E-state index in [0.29, 0.717) is 25.5 Å². The van der Waals surface area contributed by atoms with Crippen LogP contribution in [0.4, 0.5) is 11.6 Å². The number of nitriles is 1. The molecule has 0 spiro atoms. The molecule has 2 N–H and O–H groups in total. The summed E-state index contributed by atoms with van der Waals surface area (Å²) in [6.07, 6.45) is -0.405. The lowest BCUT2D eigenvalue weighted by atomic mass is 10.2. The van der Waals surface area contributed by atoms with Gasteiger partial charge in [-0.05, 0) is 0 Å². The molecule has 1 fully saturated rings. The fourth-order valence-corrected chi connectivity index (χ4v) is 1.83. The predicted octanol–water partition coefficient (Wildman–Crippen LogP) is 0.911. The van der Waals surface area contributed by atoms with Crippen molar-refractivity contribution in [2.24, 2.45) is 0 Å². The van der Waals surface area contributed by atoms with Crippen LogP contribution in [0.5, 0.6) is 0 Å². The molecule has 0 aliphatic carbocycles. The van der Waals surface area contributed by atoms with E-state index < -0.39 is 6.10 Å².